The molecule has 2 amide bonds. The number of urea groups is 1. The molecule has 5 heteroatoms. The van der Waals surface area contributed by atoms with Gasteiger partial charge in [0.05, 0.1) is 13.2 Å². The van der Waals surface area contributed by atoms with E-state index in [-0.39, 0.29) is 17.9 Å². The van der Waals surface area contributed by atoms with E-state index in [2.05, 4.69) is 10.6 Å². The van der Waals surface area contributed by atoms with Crippen molar-refractivity contribution in [2.24, 2.45) is 5.92 Å². The van der Waals surface area contributed by atoms with E-state index in [1.54, 1.807) is 6.07 Å². The van der Waals surface area contributed by atoms with E-state index in [9.17, 15) is 9.18 Å². The highest BCUT2D eigenvalue weighted by Crippen LogP contribution is 2.56. The van der Waals surface area contributed by atoms with Crippen molar-refractivity contribution in [3.63, 3.8) is 0 Å². The molecule has 1 saturated carbocycles. The third kappa shape index (κ3) is 2.50. The Morgan fingerprint density at radius 2 is 2.32 bits per heavy atom. The molecule has 1 fully saturated rings. The van der Waals surface area contributed by atoms with E-state index in [0.717, 1.165) is 25.0 Å². The van der Waals surface area contributed by atoms with Gasteiger partial charge in [-0.1, -0.05) is 17.7 Å². The third-order valence-electron chi connectivity index (χ3n) is 4.92. The highest BCUT2D eigenvalue weighted by atomic mass is 19.1. The lowest BCUT2D eigenvalue weighted by molar-refractivity contribution is 0.153. The molecule has 3 aliphatic rings. The zero-order chi connectivity index (χ0) is 15.1. The van der Waals surface area contributed by atoms with Gasteiger partial charge in [-0.3, -0.25) is 0 Å². The van der Waals surface area contributed by atoms with Crippen molar-refractivity contribution in [2.75, 3.05) is 19.8 Å². The first-order chi connectivity index (χ1) is 10.7. The van der Waals surface area contributed by atoms with Crippen LogP contribution in [0.15, 0.2) is 29.8 Å². The van der Waals surface area contributed by atoms with Crippen molar-refractivity contribution in [2.45, 2.75) is 24.8 Å². The minimum atomic E-state index is -0.174. The molecular formula is C17H19FN2O2. The van der Waals surface area contributed by atoms with Gasteiger partial charge in [0.1, 0.15) is 5.82 Å². The quantitative estimate of drug-likeness (QED) is 0.840. The Hall–Kier alpha value is -1.88. The lowest BCUT2D eigenvalue weighted by Gasteiger charge is -2.15. The van der Waals surface area contributed by atoms with Crippen molar-refractivity contribution in [1.29, 1.82) is 0 Å². The molecule has 0 radical (unpaired) electrons. The molecule has 1 aromatic rings. The van der Waals surface area contributed by atoms with Gasteiger partial charge in [-0.15, -0.1) is 0 Å². The molecule has 116 valence electrons. The molecule has 3 atom stereocenters. The van der Waals surface area contributed by atoms with E-state index in [0.29, 0.717) is 25.0 Å². The Bertz CT molecular complexity index is 644. The standard InChI is InChI=1S/C17H19FN2O2/c18-12-1-2-13-11(7-12)8-14-15(13)16(14)20-17(21)19-9-10-3-5-22-6-4-10/h1-3,7,14-16H,4-6,8-9H2,(H2,19,20,21). The number of hydrogen-bond donors (Lipinski definition) is 2. The van der Waals surface area contributed by atoms with Crippen molar-refractivity contribution < 1.29 is 13.9 Å². The fourth-order valence-corrected chi connectivity index (χ4v) is 3.70. The maximum atomic E-state index is 13.2. The Morgan fingerprint density at radius 1 is 1.41 bits per heavy atom. The predicted molar refractivity (Wildman–Crippen MR) is 80.2 cm³/mol. The molecule has 2 N–H and O–H groups in total. The van der Waals surface area contributed by atoms with Crippen LogP contribution in [0.1, 0.15) is 23.5 Å². The maximum absolute atomic E-state index is 13.2. The van der Waals surface area contributed by atoms with Crippen LogP contribution in [0.3, 0.4) is 0 Å². The van der Waals surface area contributed by atoms with Crippen LogP contribution in [-0.4, -0.2) is 31.8 Å². The molecule has 1 heterocycles. The lowest BCUT2D eigenvalue weighted by atomic mass is 10.0. The molecule has 22 heavy (non-hydrogen) atoms. The Balaban J connectivity index is 1.30. The summed E-state index contributed by atoms with van der Waals surface area (Å²) in [5.74, 6) is 0.625. The summed E-state index contributed by atoms with van der Waals surface area (Å²) >= 11 is 0. The SMILES string of the molecule is O=C(NCC1=CCOCC1)NC1C2Cc3cc(F)ccc3C21. The molecule has 4 rings (SSSR count). The number of ether oxygens (including phenoxy) is 1. The number of carbonyl (C=O) groups excluding carboxylic acids is 1. The molecule has 2 aliphatic carbocycles. The number of carbonyl (C=O) groups is 1. The van der Waals surface area contributed by atoms with Crippen LogP contribution in [0.25, 0.3) is 0 Å². The maximum Gasteiger partial charge on any atom is 0.315 e. The lowest BCUT2D eigenvalue weighted by Crippen LogP contribution is -2.39. The molecular weight excluding hydrogens is 283 g/mol. The summed E-state index contributed by atoms with van der Waals surface area (Å²) in [6.45, 7) is 1.95. The van der Waals surface area contributed by atoms with Crippen molar-refractivity contribution in [1.82, 2.24) is 10.6 Å². The zero-order valence-corrected chi connectivity index (χ0v) is 12.3. The van der Waals surface area contributed by atoms with Gasteiger partial charge in [0.25, 0.3) is 0 Å². The predicted octanol–water partition coefficient (Wildman–Crippen LogP) is 2.11. The largest absolute Gasteiger partial charge is 0.377 e. The van der Waals surface area contributed by atoms with Gasteiger partial charge >= 0.3 is 6.03 Å². The molecule has 3 unspecified atom stereocenters. The minimum Gasteiger partial charge on any atom is -0.377 e. The second kappa shape index (κ2) is 5.39. The molecule has 1 aromatic carbocycles. The second-order valence-corrected chi connectivity index (χ2v) is 6.28. The number of halogens is 1. The zero-order valence-electron chi connectivity index (χ0n) is 12.3. The average molecular weight is 302 g/mol. The first-order valence-corrected chi connectivity index (χ1v) is 7.81. The van der Waals surface area contributed by atoms with Crippen LogP contribution >= 0.6 is 0 Å². The van der Waals surface area contributed by atoms with Gasteiger partial charge in [-0.05, 0) is 42.0 Å². The van der Waals surface area contributed by atoms with Crippen molar-refractivity contribution in [3.8, 4) is 0 Å². The summed E-state index contributed by atoms with van der Waals surface area (Å²) in [6, 6.07) is 5.07. The Morgan fingerprint density at radius 3 is 3.14 bits per heavy atom. The fraction of sp³-hybridized carbons (Fsp3) is 0.471. The van der Waals surface area contributed by atoms with E-state index in [1.807, 2.05) is 12.1 Å². The van der Waals surface area contributed by atoms with E-state index < -0.39 is 0 Å². The van der Waals surface area contributed by atoms with Gasteiger partial charge in [0, 0.05) is 18.5 Å². The summed E-state index contributed by atoms with van der Waals surface area (Å²) in [7, 11) is 0. The smallest absolute Gasteiger partial charge is 0.315 e. The van der Waals surface area contributed by atoms with Gasteiger partial charge in [-0.2, -0.15) is 0 Å². The number of fused-ring (bicyclic) bond motifs is 3. The normalized spacial score (nSPS) is 28.4. The minimum absolute atomic E-state index is 0.115. The van der Waals surface area contributed by atoms with E-state index >= 15 is 0 Å². The number of rotatable bonds is 3. The monoisotopic (exact) mass is 302 g/mol. The molecule has 0 bridgehead atoms. The average Bonchev–Trinajstić information content (AvgIpc) is 3.04. The summed E-state index contributed by atoms with van der Waals surface area (Å²) in [5.41, 5.74) is 3.52. The van der Waals surface area contributed by atoms with Gasteiger partial charge in [0.15, 0.2) is 0 Å². The van der Waals surface area contributed by atoms with Crippen LogP contribution in [-0.2, 0) is 11.2 Å². The van der Waals surface area contributed by atoms with Gasteiger partial charge < -0.3 is 15.4 Å². The number of amides is 2. The van der Waals surface area contributed by atoms with Crippen LogP contribution in [0.4, 0.5) is 9.18 Å². The first kappa shape index (κ1) is 13.8. The summed E-state index contributed by atoms with van der Waals surface area (Å²) in [6.07, 6.45) is 3.78. The fourth-order valence-electron chi connectivity index (χ4n) is 3.70. The first-order valence-electron chi connectivity index (χ1n) is 7.81. The topological polar surface area (TPSA) is 50.4 Å². The molecule has 0 saturated heterocycles. The van der Waals surface area contributed by atoms with Crippen LogP contribution in [0, 0.1) is 11.7 Å². The Kier molecular flexibility index (Phi) is 3.37. The molecule has 4 nitrogen and oxygen atoms in total. The van der Waals surface area contributed by atoms with Crippen LogP contribution in [0.5, 0.6) is 0 Å². The molecule has 0 spiro atoms. The van der Waals surface area contributed by atoms with Crippen molar-refractivity contribution >= 4 is 6.03 Å². The highest BCUT2D eigenvalue weighted by molar-refractivity contribution is 5.75. The van der Waals surface area contributed by atoms with E-state index in [4.69, 9.17) is 4.74 Å². The van der Waals surface area contributed by atoms with Crippen molar-refractivity contribution in [3.05, 3.63) is 46.8 Å². The summed E-state index contributed by atoms with van der Waals surface area (Å²) < 4.78 is 18.4. The number of nitrogens with one attached hydrogen (secondary N) is 2. The highest BCUT2D eigenvalue weighted by Gasteiger charge is 2.56. The van der Waals surface area contributed by atoms with E-state index in [1.165, 1.54) is 17.2 Å². The molecule has 0 aromatic heterocycles. The second-order valence-electron chi connectivity index (χ2n) is 6.28. The van der Waals surface area contributed by atoms with Crippen LogP contribution < -0.4 is 10.6 Å². The van der Waals surface area contributed by atoms with Crippen LogP contribution in [0.2, 0.25) is 0 Å². The third-order valence-corrected chi connectivity index (χ3v) is 4.92. The van der Waals surface area contributed by atoms with Gasteiger partial charge in [0.2, 0.25) is 0 Å². The van der Waals surface area contributed by atoms with Gasteiger partial charge in [-0.25, -0.2) is 9.18 Å². The summed E-state index contributed by atoms with van der Waals surface area (Å²) in [5, 5.41) is 5.96. The Labute approximate surface area is 128 Å². The molecule has 1 aliphatic heterocycles. The number of benzene rings is 1. The summed E-state index contributed by atoms with van der Waals surface area (Å²) in [4.78, 5) is 12.0. The number of hydrogen-bond acceptors (Lipinski definition) is 2.